The molecule has 2 aromatic heterocycles. The molecule has 1 unspecified atom stereocenters. The predicted molar refractivity (Wildman–Crippen MR) is 104 cm³/mol. The van der Waals surface area contributed by atoms with Crippen LogP contribution in [-0.2, 0) is 7.05 Å². The van der Waals surface area contributed by atoms with E-state index >= 15 is 0 Å². The van der Waals surface area contributed by atoms with Crippen molar-refractivity contribution in [2.24, 2.45) is 7.05 Å². The first kappa shape index (κ1) is 17.9. The lowest BCUT2D eigenvalue weighted by Gasteiger charge is -2.17. The zero-order valence-electron chi connectivity index (χ0n) is 15.3. The molecule has 4 rings (SSSR count). The molecule has 1 atom stereocenters. The van der Waals surface area contributed by atoms with Gasteiger partial charge in [-0.15, -0.1) is 0 Å². The lowest BCUT2D eigenvalue weighted by molar-refractivity contribution is 0.191. The molecule has 0 bridgehead atoms. The monoisotopic (exact) mass is 379 g/mol. The summed E-state index contributed by atoms with van der Waals surface area (Å²) in [5.74, 6) is -0.813. The van der Waals surface area contributed by atoms with Crippen molar-refractivity contribution in [2.75, 3.05) is 0 Å². The van der Waals surface area contributed by atoms with Crippen LogP contribution in [0.2, 0.25) is 0 Å². The van der Waals surface area contributed by atoms with Crippen molar-refractivity contribution in [3.8, 4) is 22.6 Å². The highest BCUT2D eigenvalue weighted by Gasteiger charge is 2.15. The van der Waals surface area contributed by atoms with Gasteiger partial charge in [-0.3, -0.25) is 4.79 Å². The second-order valence-electron chi connectivity index (χ2n) is 6.72. The number of aromatic hydroxyl groups is 1. The molecule has 0 aliphatic carbocycles. The molecule has 0 amide bonds. The molecular formula is C21H18FN3O3. The summed E-state index contributed by atoms with van der Waals surface area (Å²) in [7, 11) is 1.84. The molecule has 0 aliphatic rings. The van der Waals surface area contributed by atoms with E-state index in [1.807, 2.05) is 17.7 Å². The molecule has 0 radical (unpaired) electrons. The van der Waals surface area contributed by atoms with Crippen molar-refractivity contribution in [3.05, 3.63) is 76.7 Å². The van der Waals surface area contributed by atoms with Gasteiger partial charge in [0.15, 0.2) is 5.75 Å². The Balaban J connectivity index is 1.95. The van der Waals surface area contributed by atoms with Crippen LogP contribution in [-0.4, -0.2) is 24.3 Å². The molecule has 2 heterocycles. The van der Waals surface area contributed by atoms with Crippen LogP contribution < -0.4 is 5.43 Å². The number of pyridine rings is 1. The lowest BCUT2D eigenvalue weighted by Crippen LogP contribution is -2.13. The highest BCUT2D eigenvalue weighted by atomic mass is 19.1. The van der Waals surface area contributed by atoms with Crippen molar-refractivity contribution < 1.29 is 14.6 Å². The van der Waals surface area contributed by atoms with E-state index in [2.05, 4.69) is 4.98 Å². The highest BCUT2D eigenvalue weighted by Crippen LogP contribution is 2.31. The summed E-state index contributed by atoms with van der Waals surface area (Å²) in [5.41, 5.74) is 3.13. The number of benzene rings is 2. The zero-order valence-corrected chi connectivity index (χ0v) is 15.3. The minimum absolute atomic E-state index is 0.338. The third kappa shape index (κ3) is 2.95. The summed E-state index contributed by atoms with van der Waals surface area (Å²) >= 11 is 0. The van der Waals surface area contributed by atoms with Gasteiger partial charge in [0.1, 0.15) is 5.82 Å². The van der Waals surface area contributed by atoms with E-state index in [1.54, 1.807) is 29.1 Å². The number of aliphatic hydroxyl groups is 1. The lowest BCUT2D eigenvalue weighted by atomic mass is 10.0. The zero-order chi connectivity index (χ0) is 20.0. The molecule has 0 saturated carbocycles. The van der Waals surface area contributed by atoms with Gasteiger partial charge in [0.05, 0.1) is 35.4 Å². The van der Waals surface area contributed by atoms with E-state index in [-0.39, 0.29) is 0 Å². The standard InChI is InChI=1S/C21H18FN3O3/c1-12(26)18-9-19(27)20(28)10-25(18)15-5-3-4-13(6-15)16-7-14(22)8-17-21(16)24(2)11-23-17/h3-12,26,28H,1-2H3. The van der Waals surface area contributed by atoms with Crippen molar-refractivity contribution in [3.63, 3.8) is 0 Å². The fourth-order valence-electron chi connectivity index (χ4n) is 3.39. The molecule has 28 heavy (non-hydrogen) atoms. The molecule has 0 aliphatic heterocycles. The molecule has 7 heteroatoms. The first-order valence-corrected chi connectivity index (χ1v) is 8.70. The van der Waals surface area contributed by atoms with Crippen LogP contribution >= 0.6 is 0 Å². The van der Waals surface area contributed by atoms with E-state index in [4.69, 9.17) is 0 Å². The van der Waals surface area contributed by atoms with Gasteiger partial charge < -0.3 is 19.3 Å². The molecule has 0 saturated heterocycles. The van der Waals surface area contributed by atoms with Gasteiger partial charge >= 0.3 is 0 Å². The van der Waals surface area contributed by atoms with Crippen molar-refractivity contribution in [2.45, 2.75) is 13.0 Å². The van der Waals surface area contributed by atoms with Crippen LogP contribution in [0.15, 0.2) is 59.8 Å². The number of nitrogens with zero attached hydrogens (tertiary/aromatic N) is 3. The number of hydrogen-bond donors (Lipinski definition) is 2. The molecule has 2 aromatic carbocycles. The fourth-order valence-corrected chi connectivity index (χ4v) is 3.39. The summed E-state index contributed by atoms with van der Waals surface area (Å²) in [5, 5.41) is 19.9. The summed E-state index contributed by atoms with van der Waals surface area (Å²) < 4.78 is 17.5. The summed E-state index contributed by atoms with van der Waals surface area (Å²) in [6.07, 6.45) is 1.98. The van der Waals surface area contributed by atoms with Crippen LogP contribution in [0, 0.1) is 5.82 Å². The van der Waals surface area contributed by atoms with Crippen LogP contribution in [0.25, 0.3) is 27.8 Å². The number of fused-ring (bicyclic) bond motifs is 1. The van der Waals surface area contributed by atoms with Gasteiger partial charge in [-0.1, -0.05) is 12.1 Å². The first-order chi connectivity index (χ1) is 13.3. The molecule has 2 N–H and O–H groups in total. The number of imidazole rings is 1. The maximum atomic E-state index is 14.1. The summed E-state index contributed by atoms with van der Waals surface area (Å²) in [4.78, 5) is 16.0. The Morgan fingerprint density at radius 3 is 2.71 bits per heavy atom. The highest BCUT2D eigenvalue weighted by molar-refractivity contribution is 5.92. The molecule has 0 spiro atoms. The van der Waals surface area contributed by atoms with Crippen LogP contribution in [0.4, 0.5) is 4.39 Å². The Labute approximate surface area is 159 Å². The second kappa shape index (κ2) is 6.61. The Hall–Kier alpha value is -3.45. The van der Waals surface area contributed by atoms with Gasteiger partial charge in [0.2, 0.25) is 5.43 Å². The number of aryl methyl sites for hydroxylation is 1. The van der Waals surface area contributed by atoms with Crippen LogP contribution in [0.1, 0.15) is 18.7 Å². The molecule has 4 aromatic rings. The van der Waals surface area contributed by atoms with E-state index in [0.717, 1.165) is 11.1 Å². The predicted octanol–water partition coefficient (Wildman–Crippen LogP) is 3.29. The van der Waals surface area contributed by atoms with Gasteiger partial charge in [-0.2, -0.15) is 0 Å². The molecule has 142 valence electrons. The summed E-state index contributed by atoms with van der Waals surface area (Å²) in [6.45, 7) is 1.54. The van der Waals surface area contributed by atoms with E-state index in [9.17, 15) is 19.4 Å². The quantitative estimate of drug-likeness (QED) is 0.572. The third-order valence-corrected chi connectivity index (χ3v) is 4.70. The number of aromatic nitrogens is 3. The third-order valence-electron chi connectivity index (χ3n) is 4.70. The maximum absolute atomic E-state index is 14.1. The van der Waals surface area contributed by atoms with Crippen LogP contribution in [0.5, 0.6) is 5.75 Å². The summed E-state index contributed by atoms with van der Waals surface area (Å²) in [6, 6.07) is 11.2. The van der Waals surface area contributed by atoms with Gasteiger partial charge in [-0.05, 0) is 30.7 Å². The Kier molecular flexibility index (Phi) is 4.24. The minimum atomic E-state index is -0.921. The fraction of sp³-hybridized carbons (Fsp3) is 0.143. The number of hydrogen-bond acceptors (Lipinski definition) is 4. The maximum Gasteiger partial charge on any atom is 0.223 e. The number of halogens is 1. The van der Waals surface area contributed by atoms with Crippen LogP contribution in [0.3, 0.4) is 0 Å². The smallest absolute Gasteiger partial charge is 0.223 e. The van der Waals surface area contributed by atoms with E-state index in [0.29, 0.717) is 22.5 Å². The Bertz CT molecular complexity index is 1260. The Morgan fingerprint density at radius 1 is 1.18 bits per heavy atom. The average Bonchev–Trinajstić information content (AvgIpc) is 3.03. The Morgan fingerprint density at radius 2 is 1.96 bits per heavy atom. The van der Waals surface area contributed by atoms with Gasteiger partial charge in [-0.25, -0.2) is 9.37 Å². The van der Waals surface area contributed by atoms with Crippen molar-refractivity contribution in [1.29, 1.82) is 0 Å². The molecule has 6 nitrogen and oxygen atoms in total. The van der Waals surface area contributed by atoms with E-state index < -0.39 is 23.1 Å². The van der Waals surface area contributed by atoms with E-state index in [1.165, 1.54) is 31.3 Å². The largest absolute Gasteiger partial charge is 0.503 e. The second-order valence-corrected chi connectivity index (χ2v) is 6.72. The normalized spacial score (nSPS) is 12.4. The SMILES string of the molecule is CC(O)c1cc(=O)c(O)cn1-c1cccc(-c2cc(F)cc3ncn(C)c23)c1. The topological polar surface area (TPSA) is 80.3 Å². The molecule has 0 fully saturated rings. The molecular weight excluding hydrogens is 361 g/mol. The van der Waals surface area contributed by atoms with Crippen molar-refractivity contribution in [1.82, 2.24) is 14.1 Å². The first-order valence-electron chi connectivity index (χ1n) is 8.70. The number of rotatable bonds is 3. The van der Waals surface area contributed by atoms with Gasteiger partial charge in [0.25, 0.3) is 0 Å². The van der Waals surface area contributed by atoms with Crippen molar-refractivity contribution >= 4 is 11.0 Å². The minimum Gasteiger partial charge on any atom is -0.503 e. The average molecular weight is 379 g/mol. The number of aliphatic hydroxyl groups excluding tert-OH is 1. The van der Waals surface area contributed by atoms with Gasteiger partial charge in [0, 0.05) is 30.4 Å².